The Bertz CT molecular complexity index is 328. The molecule has 0 aliphatic rings. The van der Waals surface area contributed by atoms with E-state index in [-0.39, 0.29) is 0 Å². The van der Waals surface area contributed by atoms with Crippen molar-refractivity contribution < 1.29 is 5.11 Å². The van der Waals surface area contributed by atoms with Crippen molar-refractivity contribution in [2.24, 2.45) is 0 Å². The monoisotopic (exact) mass is 225 g/mol. The van der Waals surface area contributed by atoms with E-state index in [4.69, 9.17) is 6.57 Å². The van der Waals surface area contributed by atoms with Gasteiger partial charge in [0.25, 0.3) is 0 Å². The van der Waals surface area contributed by atoms with E-state index in [1.807, 2.05) is 0 Å². The number of halogens is 1. The van der Waals surface area contributed by atoms with Gasteiger partial charge in [-0.15, -0.1) is 0 Å². The number of benzene rings is 1. The van der Waals surface area contributed by atoms with Gasteiger partial charge in [-0.3, -0.25) is 0 Å². The van der Waals surface area contributed by atoms with Crippen LogP contribution in [0, 0.1) is 6.57 Å². The van der Waals surface area contributed by atoms with Crippen LogP contribution in [-0.4, -0.2) is 5.11 Å². The van der Waals surface area contributed by atoms with Crippen LogP contribution in [0.5, 0.6) is 0 Å². The first-order valence-corrected chi connectivity index (χ1v) is 4.29. The average Bonchev–Trinajstić information content (AvgIpc) is 2.03. The van der Waals surface area contributed by atoms with Crippen molar-refractivity contribution in [1.82, 2.24) is 0 Å². The Morgan fingerprint density at radius 2 is 2.25 bits per heavy atom. The molecule has 1 atom stereocenters. The van der Waals surface area contributed by atoms with E-state index in [9.17, 15) is 5.11 Å². The highest BCUT2D eigenvalue weighted by Gasteiger charge is 2.05. The van der Waals surface area contributed by atoms with E-state index >= 15 is 0 Å². The fraction of sp³-hybridized carbons (Fsp3) is 0.222. The van der Waals surface area contributed by atoms with Crippen LogP contribution in [-0.2, 0) is 0 Å². The van der Waals surface area contributed by atoms with Gasteiger partial charge >= 0.3 is 0 Å². The topological polar surface area (TPSA) is 24.6 Å². The summed E-state index contributed by atoms with van der Waals surface area (Å²) in [6.45, 7) is 8.45. The van der Waals surface area contributed by atoms with Gasteiger partial charge in [0.2, 0.25) is 0 Å². The second-order valence-corrected chi connectivity index (χ2v) is 3.35. The second-order valence-electron chi connectivity index (χ2n) is 2.49. The predicted octanol–water partition coefficient (Wildman–Crippen LogP) is 3.05. The number of nitrogens with zero attached hydrogens (tertiary/aromatic N) is 1. The molecule has 1 aromatic rings. The number of hydrogen-bond acceptors (Lipinski definition) is 1. The number of aliphatic hydroxyl groups excluding tert-OH is 1. The minimum absolute atomic E-state index is 0.501. The Morgan fingerprint density at radius 1 is 1.58 bits per heavy atom. The summed E-state index contributed by atoms with van der Waals surface area (Å²) in [5.74, 6) is 0. The Morgan fingerprint density at radius 3 is 2.67 bits per heavy atom. The summed E-state index contributed by atoms with van der Waals surface area (Å²) in [5.41, 5.74) is 1.38. The van der Waals surface area contributed by atoms with Crippen molar-refractivity contribution in [3.63, 3.8) is 0 Å². The first kappa shape index (κ1) is 9.24. The van der Waals surface area contributed by atoms with Crippen molar-refractivity contribution in [1.29, 1.82) is 0 Å². The highest BCUT2D eigenvalue weighted by Crippen LogP contribution is 2.27. The summed E-state index contributed by atoms with van der Waals surface area (Å²) in [6, 6.07) is 5.15. The van der Waals surface area contributed by atoms with Gasteiger partial charge in [-0.05, 0) is 18.6 Å². The molecule has 0 aliphatic carbocycles. The molecule has 0 fully saturated rings. The van der Waals surface area contributed by atoms with Crippen molar-refractivity contribution in [3.05, 3.63) is 39.7 Å². The SMILES string of the molecule is [C-]#[N+]c1ccc([C@@H](C)O)c(Br)c1. The summed E-state index contributed by atoms with van der Waals surface area (Å²) in [4.78, 5) is 3.27. The molecule has 0 bridgehead atoms. The van der Waals surface area contributed by atoms with E-state index in [2.05, 4.69) is 20.8 Å². The minimum atomic E-state index is -0.501. The van der Waals surface area contributed by atoms with Crippen molar-refractivity contribution in [2.75, 3.05) is 0 Å². The Kier molecular flexibility index (Phi) is 2.85. The molecule has 1 aromatic carbocycles. The molecular formula is C9H8BrNO. The third-order valence-corrected chi connectivity index (χ3v) is 2.25. The Hall–Kier alpha value is -0.850. The summed E-state index contributed by atoms with van der Waals surface area (Å²) in [5, 5.41) is 9.26. The number of hydrogen-bond donors (Lipinski definition) is 1. The molecule has 0 heterocycles. The Balaban J connectivity index is 3.14. The fourth-order valence-corrected chi connectivity index (χ4v) is 1.62. The third-order valence-electron chi connectivity index (χ3n) is 1.56. The minimum Gasteiger partial charge on any atom is -0.389 e. The van der Waals surface area contributed by atoms with Crippen LogP contribution in [0.15, 0.2) is 22.7 Å². The lowest BCUT2D eigenvalue weighted by Crippen LogP contribution is -1.91. The van der Waals surface area contributed by atoms with E-state index in [1.165, 1.54) is 0 Å². The van der Waals surface area contributed by atoms with Crippen LogP contribution < -0.4 is 0 Å². The quantitative estimate of drug-likeness (QED) is 0.731. The van der Waals surface area contributed by atoms with Gasteiger partial charge in [-0.1, -0.05) is 28.1 Å². The molecule has 1 N–H and O–H groups in total. The standard InChI is InChI=1S/C9H8BrNO/c1-6(12)8-4-3-7(11-2)5-9(8)10/h3-6,12H,1H3/t6-/m1/s1. The molecule has 0 spiro atoms. The van der Waals surface area contributed by atoms with E-state index in [0.717, 1.165) is 10.0 Å². The molecule has 1 rings (SSSR count). The van der Waals surface area contributed by atoms with E-state index in [1.54, 1.807) is 25.1 Å². The summed E-state index contributed by atoms with van der Waals surface area (Å²) < 4.78 is 0.783. The zero-order chi connectivity index (χ0) is 9.14. The maximum atomic E-state index is 9.26. The molecule has 0 amide bonds. The van der Waals surface area contributed by atoms with Crippen molar-refractivity contribution in [3.8, 4) is 0 Å². The van der Waals surface area contributed by atoms with Gasteiger partial charge in [-0.25, -0.2) is 4.85 Å². The molecule has 0 radical (unpaired) electrons. The van der Waals surface area contributed by atoms with Crippen LogP contribution >= 0.6 is 15.9 Å². The normalized spacial score (nSPS) is 12.2. The number of aliphatic hydroxyl groups is 1. The van der Waals surface area contributed by atoms with E-state index in [0.29, 0.717) is 5.69 Å². The molecule has 0 unspecified atom stereocenters. The zero-order valence-electron chi connectivity index (χ0n) is 6.58. The smallest absolute Gasteiger partial charge is 0.188 e. The third kappa shape index (κ3) is 1.84. The first-order chi connectivity index (χ1) is 5.65. The van der Waals surface area contributed by atoms with Crippen molar-refractivity contribution >= 4 is 21.6 Å². The van der Waals surface area contributed by atoms with Gasteiger partial charge < -0.3 is 5.11 Å². The summed E-state index contributed by atoms with van der Waals surface area (Å²) >= 11 is 3.29. The van der Waals surface area contributed by atoms with Gasteiger partial charge in [0.1, 0.15) is 0 Å². The van der Waals surface area contributed by atoms with E-state index < -0.39 is 6.10 Å². The highest BCUT2D eigenvalue weighted by molar-refractivity contribution is 9.10. The first-order valence-electron chi connectivity index (χ1n) is 3.50. The molecule has 62 valence electrons. The lowest BCUT2D eigenvalue weighted by molar-refractivity contribution is 0.198. The van der Waals surface area contributed by atoms with Gasteiger partial charge in [0.15, 0.2) is 5.69 Å². The van der Waals surface area contributed by atoms with Gasteiger partial charge in [0, 0.05) is 4.47 Å². The lowest BCUT2D eigenvalue weighted by atomic mass is 10.1. The van der Waals surface area contributed by atoms with Crippen molar-refractivity contribution in [2.45, 2.75) is 13.0 Å². The molecule has 0 saturated carbocycles. The lowest BCUT2D eigenvalue weighted by Gasteiger charge is -2.06. The largest absolute Gasteiger partial charge is 0.389 e. The molecule has 3 heteroatoms. The average molecular weight is 226 g/mol. The number of rotatable bonds is 1. The highest BCUT2D eigenvalue weighted by atomic mass is 79.9. The van der Waals surface area contributed by atoms with Crippen LogP contribution in [0.3, 0.4) is 0 Å². The summed E-state index contributed by atoms with van der Waals surface area (Å²) in [6.07, 6.45) is -0.501. The molecule has 0 saturated heterocycles. The predicted molar refractivity (Wildman–Crippen MR) is 51.0 cm³/mol. The van der Waals surface area contributed by atoms with Crippen LogP contribution in [0.1, 0.15) is 18.6 Å². The molecule has 0 aliphatic heterocycles. The summed E-state index contributed by atoms with van der Waals surface area (Å²) in [7, 11) is 0. The van der Waals surface area contributed by atoms with Crippen LogP contribution in [0.2, 0.25) is 0 Å². The zero-order valence-corrected chi connectivity index (χ0v) is 8.17. The fourth-order valence-electron chi connectivity index (χ4n) is 0.924. The Labute approximate surface area is 79.8 Å². The molecular weight excluding hydrogens is 218 g/mol. The maximum Gasteiger partial charge on any atom is 0.188 e. The van der Waals surface area contributed by atoms with Crippen LogP contribution in [0.4, 0.5) is 5.69 Å². The molecule has 0 aromatic heterocycles. The molecule has 12 heavy (non-hydrogen) atoms. The van der Waals surface area contributed by atoms with Crippen LogP contribution in [0.25, 0.3) is 4.85 Å². The van der Waals surface area contributed by atoms with Gasteiger partial charge in [-0.2, -0.15) is 0 Å². The van der Waals surface area contributed by atoms with Gasteiger partial charge in [0.05, 0.1) is 12.7 Å². The second kappa shape index (κ2) is 3.70. The molecule has 2 nitrogen and oxygen atoms in total. The maximum absolute atomic E-state index is 9.26.